The zero-order valence-electron chi connectivity index (χ0n) is 15.3. The lowest BCUT2D eigenvalue weighted by atomic mass is 9.92. The van der Waals surface area contributed by atoms with Gasteiger partial charge in [0.15, 0.2) is 0 Å². The van der Waals surface area contributed by atoms with Crippen LogP contribution >= 0.6 is 11.6 Å². The van der Waals surface area contributed by atoms with Gasteiger partial charge in [-0.25, -0.2) is 0 Å². The molecule has 4 atom stereocenters. The van der Waals surface area contributed by atoms with E-state index < -0.39 is 24.0 Å². The number of amides is 2. The van der Waals surface area contributed by atoms with Crippen LogP contribution in [0.2, 0.25) is 5.02 Å². The molecule has 3 rings (SSSR count). The lowest BCUT2D eigenvalue weighted by Crippen LogP contribution is -2.42. The first kappa shape index (κ1) is 19.6. The predicted octanol–water partition coefficient (Wildman–Crippen LogP) is 1.95. The molecule has 0 aliphatic carbocycles. The molecule has 1 aromatic carbocycles. The molecule has 0 spiro atoms. The molecule has 27 heavy (non-hydrogen) atoms. The molecule has 8 heteroatoms. The van der Waals surface area contributed by atoms with Gasteiger partial charge in [0, 0.05) is 38.2 Å². The van der Waals surface area contributed by atoms with Crippen LogP contribution in [0.4, 0.5) is 0 Å². The molecule has 146 valence electrons. The summed E-state index contributed by atoms with van der Waals surface area (Å²) in [5.74, 6) is -1.85. The number of carbonyl (C=O) groups is 3. The van der Waals surface area contributed by atoms with Gasteiger partial charge in [-0.05, 0) is 24.1 Å². The van der Waals surface area contributed by atoms with Crippen molar-refractivity contribution in [3.63, 3.8) is 0 Å². The van der Waals surface area contributed by atoms with E-state index in [1.807, 2.05) is 6.07 Å². The first-order chi connectivity index (χ1) is 12.8. The highest BCUT2D eigenvalue weighted by Crippen LogP contribution is 2.40. The number of carboxylic acid groups (broad SMARTS) is 1. The fraction of sp³-hybridized carbons (Fsp3) is 0.526. The van der Waals surface area contributed by atoms with Gasteiger partial charge in [-0.1, -0.05) is 23.7 Å². The Morgan fingerprint density at radius 1 is 1.37 bits per heavy atom. The SMILES string of the molecule is COC1CC(CC(=O)O)N(C(=O)C2CC(=O)N(C)C2c2cccc(Cl)c2)C1. The molecular formula is C19H23ClN2O5. The Kier molecular flexibility index (Phi) is 5.72. The van der Waals surface area contributed by atoms with Crippen LogP contribution in [-0.4, -0.2) is 65.5 Å². The first-order valence-corrected chi connectivity index (χ1v) is 9.25. The van der Waals surface area contributed by atoms with E-state index in [1.165, 1.54) is 0 Å². The van der Waals surface area contributed by atoms with Crippen molar-refractivity contribution in [3.05, 3.63) is 34.9 Å². The minimum absolute atomic E-state index is 0.0977. The summed E-state index contributed by atoms with van der Waals surface area (Å²) < 4.78 is 5.35. The van der Waals surface area contributed by atoms with E-state index in [-0.39, 0.29) is 30.8 Å². The molecule has 0 radical (unpaired) electrons. The standard InChI is InChI=1S/C19H23ClN2O5/c1-21-16(23)9-15(18(21)11-4-3-5-12(20)6-11)19(26)22-10-14(27-2)7-13(22)8-17(24)25/h3-6,13-15,18H,7-10H2,1-2H3,(H,24,25). The van der Waals surface area contributed by atoms with E-state index in [9.17, 15) is 19.5 Å². The monoisotopic (exact) mass is 394 g/mol. The Hall–Kier alpha value is -2.12. The molecule has 2 aliphatic heterocycles. The van der Waals surface area contributed by atoms with Crippen LogP contribution in [-0.2, 0) is 19.1 Å². The van der Waals surface area contributed by atoms with Crippen LogP contribution in [0.5, 0.6) is 0 Å². The maximum absolute atomic E-state index is 13.3. The second-order valence-electron chi connectivity index (χ2n) is 7.15. The molecule has 0 bridgehead atoms. The number of hydrogen-bond acceptors (Lipinski definition) is 4. The molecule has 2 saturated heterocycles. The second kappa shape index (κ2) is 7.86. The van der Waals surface area contributed by atoms with Crippen molar-refractivity contribution >= 4 is 29.4 Å². The third kappa shape index (κ3) is 3.94. The van der Waals surface area contributed by atoms with Crippen molar-refractivity contribution in [2.24, 2.45) is 5.92 Å². The van der Waals surface area contributed by atoms with Gasteiger partial charge in [-0.15, -0.1) is 0 Å². The average Bonchev–Trinajstić information content (AvgIpc) is 3.15. The molecule has 0 saturated carbocycles. The molecular weight excluding hydrogens is 372 g/mol. The van der Waals surface area contributed by atoms with Gasteiger partial charge in [0.25, 0.3) is 0 Å². The fourth-order valence-corrected chi connectivity index (χ4v) is 4.36. The first-order valence-electron chi connectivity index (χ1n) is 8.88. The summed E-state index contributed by atoms with van der Waals surface area (Å²) in [6, 6.07) is 6.29. The Morgan fingerprint density at radius 2 is 2.11 bits per heavy atom. The number of nitrogens with zero attached hydrogens (tertiary/aromatic N) is 2. The summed E-state index contributed by atoms with van der Waals surface area (Å²) in [5.41, 5.74) is 0.798. The van der Waals surface area contributed by atoms with Crippen LogP contribution < -0.4 is 0 Å². The molecule has 2 heterocycles. The number of halogens is 1. The Balaban J connectivity index is 1.89. The summed E-state index contributed by atoms with van der Waals surface area (Å²) in [7, 11) is 3.23. The van der Waals surface area contributed by atoms with Gasteiger partial charge in [0.05, 0.1) is 24.5 Å². The van der Waals surface area contributed by atoms with E-state index >= 15 is 0 Å². The van der Waals surface area contributed by atoms with Crippen LogP contribution in [0, 0.1) is 5.92 Å². The average molecular weight is 395 g/mol. The normalized spacial score (nSPS) is 28.0. The number of benzene rings is 1. The van der Waals surface area contributed by atoms with Crippen molar-refractivity contribution in [1.82, 2.24) is 9.80 Å². The highest BCUT2D eigenvalue weighted by molar-refractivity contribution is 6.30. The Labute approximate surface area is 162 Å². The van der Waals surface area contributed by atoms with Crippen LogP contribution in [0.1, 0.15) is 30.9 Å². The highest BCUT2D eigenvalue weighted by Gasteiger charge is 2.47. The van der Waals surface area contributed by atoms with E-state index in [0.29, 0.717) is 18.0 Å². The summed E-state index contributed by atoms with van der Waals surface area (Å²) in [5, 5.41) is 9.72. The van der Waals surface area contributed by atoms with Gasteiger partial charge in [0.2, 0.25) is 11.8 Å². The number of ether oxygens (including phenoxy) is 1. The Bertz CT molecular complexity index is 755. The quantitative estimate of drug-likeness (QED) is 0.824. The maximum atomic E-state index is 13.3. The summed E-state index contributed by atoms with van der Waals surface area (Å²) in [6.45, 7) is 0.337. The van der Waals surface area contributed by atoms with Crippen LogP contribution in [0.15, 0.2) is 24.3 Å². The smallest absolute Gasteiger partial charge is 0.305 e. The van der Waals surface area contributed by atoms with Gasteiger partial charge in [-0.2, -0.15) is 0 Å². The van der Waals surface area contributed by atoms with Gasteiger partial charge < -0.3 is 19.6 Å². The molecule has 7 nitrogen and oxygen atoms in total. The van der Waals surface area contributed by atoms with E-state index in [0.717, 1.165) is 5.56 Å². The molecule has 2 aliphatic rings. The lowest BCUT2D eigenvalue weighted by Gasteiger charge is -2.30. The number of aliphatic carboxylic acids is 1. The minimum atomic E-state index is -0.958. The predicted molar refractivity (Wildman–Crippen MR) is 98.2 cm³/mol. The zero-order valence-corrected chi connectivity index (χ0v) is 16.1. The fourth-order valence-electron chi connectivity index (χ4n) is 4.16. The number of carbonyl (C=O) groups excluding carboxylic acids is 2. The van der Waals surface area contributed by atoms with Gasteiger partial charge in [0.1, 0.15) is 0 Å². The summed E-state index contributed by atoms with van der Waals surface area (Å²) in [4.78, 5) is 40.0. The largest absolute Gasteiger partial charge is 0.481 e. The zero-order chi connectivity index (χ0) is 19.7. The minimum Gasteiger partial charge on any atom is -0.481 e. The number of hydrogen-bond donors (Lipinski definition) is 1. The van der Waals surface area contributed by atoms with Crippen molar-refractivity contribution in [1.29, 1.82) is 0 Å². The molecule has 4 unspecified atom stereocenters. The van der Waals surface area contributed by atoms with Crippen molar-refractivity contribution in [2.45, 2.75) is 37.5 Å². The van der Waals surface area contributed by atoms with Gasteiger partial charge in [-0.3, -0.25) is 14.4 Å². The molecule has 1 aromatic rings. The number of rotatable bonds is 5. The topological polar surface area (TPSA) is 87.1 Å². The summed E-state index contributed by atoms with van der Waals surface area (Å²) in [6.07, 6.45) is 0.245. The maximum Gasteiger partial charge on any atom is 0.305 e. The molecule has 1 N–H and O–H groups in total. The highest BCUT2D eigenvalue weighted by atomic mass is 35.5. The van der Waals surface area contributed by atoms with Crippen LogP contribution in [0.25, 0.3) is 0 Å². The second-order valence-corrected chi connectivity index (χ2v) is 7.59. The van der Waals surface area contributed by atoms with Crippen LogP contribution in [0.3, 0.4) is 0 Å². The van der Waals surface area contributed by atoms with E-state index in [2.05, 4.69) is 0 Å². The van der Waals surface area contributed by atoms with Crippen molar-refractivity contribution in [2.75, 3.05) is 20.7 Å². The summed E-state index contributed by atoms with van der Waals surface area (Å²) >= 11 is 6.10. The number of methoxy groups -OCH3 is 1. The number of likely N-dealkylation sites (tertiary alicyclic amines) is 2. The van der Waals surface area contributed by atoms with E-state index in [4.69, 9.17) is 16.3 Å². The van der Waals surface area contributed by atoms with Gasteiger partial charge >= 0.3 is 5.97 Å². The van der Waals surface area contributed by atoms with Crippen molar-refractivity contribution in [3.8, 4) is 0 Å². The lowest BCUT2D eigenvalue weighted by molar-refractivity contribution is -0.142. The third-order valence-electron chi connectivity index (χ3n) is 5.50. The molecule has 0 aromatic heterocycles. The molecule has 2 fully saturated rings. The Morgan fingerprint density at radius 3 is 2.74 bits per heavy atom. The third-order valence-corrected chi connectivity index (χ3v) is 5.73. The number of carboxylic acids is 1. The van der Waals surface area contributed by atoms with E-state index in [1.54, 1.807) is 42.2 Å². The van der Waals surface area contributed by atoms with Crippen molar-refractivity contribution < 1.29 is 24.2 Å². The molecule has 2 amide bonds.